The first kappa shape index (κ1) is 10.9. The molecular formula is C14H20N2O. The molecule has 1 atom stereocenters. The molecule has 2 aliphatic heterocycles. The average Bonchev–Trinajstić information content (AvgIpc) is 2.39. The third kappa shape index (κ3) is 2.25. The van der Waals surface area contributed by atoms with Crippen molar-refractivity contribution in [2.75, 3.05) is 25.0 Å². The molecule has 0 radical (unpaired) electrons. The fourth-order valence-corrected chi connectivity index (χ4v) is 3.00. The summed E-state index contributed by atoms with van der Waals surface area (Å²) in [5, 5.41) is 12.9. The van der Waals surface area contributed by atoms with E-state index in [9.17, 15) is 5.11 Å². The second-order valence-electron chi connectivity index (χ2n) is 5.18. The summed E-state index contributed by atoms with van der Waals surface area (Å²) in [6.07, 6.45) is 5.20. The van der Waals surface area contributed by atoms with Crippen molar-refractivity contribution < 1.29 is 5.11 Å². The van der Waals surface area contributed by atoms with Crippen LogP contribution in [-0.4, -0.2) is 35.7 Å². The first-order valence-corrected chi connectivity index (χ1v) is 6.63. The number of benzene rings is 1. The fourth-order valence-electron chi connectivity index (χ4n) is 3.00. The molecule has 1 unspecified atom stereocenters. The Morgan fingerprint density at radius 3 is 2.82 bits per heavy atom. The molecule has 92 valence electrons. The van der Waals surface area contributed by atoms with Gasteiger partial charge in [0.25, 0.3) is 0 Å². The molecular weight excluding hydrogens is 212 g/mol. The summed E-state index contributed by atoms with van der Waals surface area (Å²) in [7, 11) is 0. The van der Waals surface area contributed by atoms with Crippen LogP contribution in [0, 0.1) is 0 Å². The molecule has 3 heteroatoms. The number of phenols is 1. The van der Waals surface area contributed by atoms with Gasteiger partial charge in [-0.05, 0) is 44.0 Å². The molecule has 0 amide bonds. The Kier molecular flexibility index (Phi) is 2.93. The number of anilines is 1. The smallest absolute Gasteiger partial charge is 0.117 e. The van der Waals surface area contributed by atoms with Crippen LogP contribution in [0.5, 0.6) is 5.75 Å². The van der Waals surface area contributed by atoms with Crippen molar-refractivity contribution in [2.45, 2.75) is 31.7 Å². The minimum atomic E-state index is 0.354. The largest absolute Gasteiger partial charge is 0.508 e. The van der Waals surface area contributed by atoms with E-state index < -0.39 is 0 Å². The van der Waals surface area contributed by atoms with Gasteiger partial charge >= 0.3 is 0 Å². The van der Waals surface area contributed by atoms with Crippen LogP contribution in [0.2, 0.25) is 0 Å². The predicted molar refractivity (Wildman–Crippen MR) is 69.5 cm³/mol. The highest BCUT2D eigenvalue weighted by atomic mass is 16.3. The van der Waals surface area contributed by atoms with E-state index >= 15 is 0 Å². The Morgan fingerprint density at radius 1 is 1.18 bits per heavy atom. The number of aromatic hydroxyl groups is 1. The summed E-state index contributed by atoms with van der Waals surface area (Å²) in [6, 6.07) is 6.31. The molecule has 0 aliphatic carbocycles. The number of hydrogen-bond acceptors (Lipinski definition) is 3. The highest BCUT2D eigenvalue weighted by Gasteiger charge is 2.25. The van der Waals surface area contributed by atoms with E-state index in [1.54, 1.807) is 6.07 Å². The zero-order valence-electron chi connectivity index (χ0n) is 10.2. The van der Waals surface area contributed by atoms with E-state index in [-0.39, 0.29) is 0 Å². The van der Waals surface area contributed by atoms with Gasteiger partial charge in [-0.15, -0.1) is 0 Å². The van der Waals surface area contributed by atoms with Gasteiger partial charge in [-0.2, -0.15) is 0 Å². The quantitative estimate of drug-likeness (QED) is 0.779. The van der Waals surface area contributed by atoms with Crippen LogP contribution in [0.15, 0.2) is 18.2 Å². The number of likely N-dealkylation sites (tertiary alicyclic amines) is 1. The van der Waals surface area contributed by atoms with Crippen molar-refractivity contribution in [1.82, 2.24) is 4.90 Å². The van der Waals surface area contributed by atoms with Crippen LogP contribution in [0.1, 0.15) is 24.8 Å². The molecule has 1 saturated heterocycles. The molecule has 0 spiro atoms. The number of nitrogens with one attached hydrogen (secondary N) is 1. The normalized spacial score (nSPS) is 25.1. The van der Waals surface area contributed by atoms with Gasteiger partial charge in [0.05, 0.1) is 0 Å². The highest BCUT2D eigenvalue weighted by molar-refractivity contribution is 5.57. The van der Waals surface area contributed by atoms with Crippen molar-refractivity contribution in [1.29, 1.82) is 0 Å². The molecule has 3 rings (SSSR count). The minimum Gasteiger partial charge on any atom is -0.508 e. The van der Waals surface area contributed by atoms with Gasteiger partial charge in [0.1, 0.15) is 5.75 Å². The third-order valence-corrected chi connectivity index (χ3v) is 3.98. The van der Waals surface area contributed by atoms with E-state index in [0.29, 0.717) is 11.8 Å². The zero-order chi connectivity index (χ0) is 11.7. The molecule has 0 bridgehead atoms. The topological polar surface area (TPSA) is 35.5 Å². The van der Waals surface area contributed by atoms with Crippen LogP contribution in [0.3, 0.4) is 0 Å². The van der Waals surface area contributed by atoms with Crippen molar-refractivity contribution in [3.63, 3.8) is 0 Å². The van der Waals surface area contributed by atoms with Crippen molar-refractivity contribution >= 4 is 5.69 Å². The van der Waals surface area contributed by atoms with Crippen molar-refractivity contribution in [3.8, 4) is 5.75 Å². The van der Waals surface area contributed by atoms with Crippen molar-refractivity contribution in [3.05, 3.63) is 23.8 Å². The maximum atomic E-state index is 9.45. The summed E-state index contributed by atoms with van der Waals surface area (Å²) in [4.78, 5) is 2.62. The van der Waals surface area contributed by atoms with Crippen LogP contribution in [0.4, 0.5) is 5.69 Å². The average molecular weight is 232 g/mol. The number of hydrogen-bond donors (Lipinski definition) is 2. The van der Waals surface area contributed by atoms with Gasteiger partial charge in [0.15, 0.2) is 0 Å². The lowest BCUT2D eigenvalue weighted by Crippen LogP contribution is -2.46. The maximum absolute atomic E-state index is 9.45. The number of fused-ring (bicyclic) bond motifs is 1. The number of phenolic OH excluding ortho intramolecular Hbond substituents is 1. The Morgan fingerprint density at radius 2 is 2.00 bits per heavy atom. The first-order chi connectivity index (χ1) is 8.33. The van der Waals surface area contributed by atoms with E-state index in [1.165, 1.54) is 37.9 Å². The second kappa shape index (κ2) is 4.57. The predicted octanol–water partition coefficient (Wildman–Crippen LogP) is 2.21. The molecule has 17 heavy (non-hydrogen) atoms. The molecule has 2 heterocycles. The Bertz CT molecular complexity index is 399. The minimum absolute atomic E-state index is 0.354. The van der Waals surface area contributed by atoms with Gasteiger partial charge in [0.2, 0.25) is 0 Å². The SMILES string of the molecule is Oc1ccc2c(c1)NCC(N1CCCCC1)C2. The molecule has 0 saturated carbocycles. The molecule has 2 N–H and O–H groups in total. The Hall–Kier alpha value is -1.22. The van der Waals surface area contributed by atoms with E-state index in [1.807, 2.05) is 12.1 Å². The number of piperidine rings is 1. The zero-order valence-corrected chi connectivity index (χ0v) is 10.2. The van der Waals surface area contributed by atoms with Gasteiger partial charge in [-0.25, -0.2) is 0 Å². The van der Waals surface area contributed by atoms with Crippen molar-refractivity contribution in [2.24, 2.45) is 0 Å². The summed E-state index contributed by atoms with van der Waals surface area (Å²) in [5.41, 5.74) is 2.45. The van der Waals surface area contributed by atoms with E-state index in [0.717, 1.165) is 18.7 Å². The summed E-state index contributed by atoms with van der Waals surface area (Å²) < 4.78 is 0. The lowest BCUT2D eigenvalue weighted by Gasteiger charge is -2.37. The highest BCUT2D eigenvalue weighted by Crippen LogP contribution is 2.28. The first-order valence-electron chi connectivity index (χ1n) is 6.63. The standard InChI is InChI=1S/C14H20N2O/c17-13-5-4-11-8-12(10-15-14(11)9-13)16-6-2-1-3-7-16/h4-5,9,12,15,17H,1-3,6-8,10H2. The maximum Gasteiger partial charge on any atom is 0.117 e. The Labute approximate surface area is 102 Å². The summed E-state index contributed by atoms with van der Waals surface area (Å²) >= 11 is 0. The van der Waals surface area contributed by atoms with Crippen LogP contribution in [0.25, 0.3) is 0 Å². The van der Waals surface area contributed by atoms with E-state index in [2.05, 4.69) is 10.2 Å². The second-order valence-corrected chi connectivity index (χ2v) is 5.18. The molecule has 1 fully saturated rings. The van der Waals surface area contributed by atoms with Gasteiger partial charge in [-0.1, -0.05) is 12.5 Å². The molecule has 3 nitrogen and oxygen atoms in total. The molecule has 1 aromatic rings. The monoisotopic (exact) mass is 232 g/mol. The molecule has 1 aromatic carbocycles. The van der Waals surface area contributed by atoms with Crippen LogP contribution >= 0.6 is 0 Å². The fraction of sp³-hybridized carbons (Fsp3) is 0.571. The van der Waals surface area contributed by atoms with Gasteiger partial charge in [0, 0.05) is 24.3 Å². The summed E-state index contributed by atoms with van der Waals surface area (Å²) in [6.45, 7) is 3.51. The number of rotatable bonds is 1. The van der Waals surface area contributed by atoms with Crippen LogP contribution in [-0.2, 0) is 6.42 Å². The third-order valence-electron chi connectivity index (χ3n) is 3.98. The lowest BCUT2D eigenvalue weighted by molar-refractivity contribution is 0.166. The van der Waals surface area contributed by atoms with Gasteiger partial charge < -0.3 is 10.4 Å². The van der Waals surface area contributed by atoms with E-state index in [4.69, 9.17) is 0 Å². The lowest BCUT2D eigenvalue weighted by atomic mass is 9.96. The van der Waals surface area contributed by atoms with Gasteiger partial charge in [-0.3, -0.25) is 4.90 Å². The number of nitrogens with zero attached hydrogens (tertiary/aromatic N) is 1. The van der Waals surface area contributed by atoms with Crippen LogP contribution < -0.4 is 5.32 Å². The molecule has 0 aromatic heterocycles. The summed E-state index contributed by atoms with van der Waals surface area (Å²) in [5.74, 6) is 0.354. The molecule has 2 aliphatic rings. The Balaban J connectivity index is 1.73.